The molecule has 0 aliphatic heterocycles. The summed E-state index contributed by atoms with van der Waals surface area (Å²) in [5.41, 5.74) is 9.67. The van der Waals surface area contributed by atoms with Crippen LogP contribution in [0.4, 0.5) is 11.4 Å². The summed E-state index contributed by atoms with van der Waals surface area (Å²) in [5, 5.41) is 7.06. The van der Waals surface area contributed by atoms with Crippen molar-refractivity contribution in [2.45, 2.75) is 17.4 Å². The second kappa shape index (κ2) is 10.0. The summed E-state index contributed by atoms with van der Waals surface area (Å²) in [6.45, 7) is 3.63. The van der Waals surface area contributed by atoms with Crippen molar-refractivity contribution in [1.82, 2.24) is 10.1 Å². The van der Waals surface area contributed by atoms with Crippen LogP contribution in [0.15, 0.2) is 101 Å². The predicted octanol–water partition coefficient (Wildman–Crippen LogP) is 4.67. The molecule has 8 heteroatoms. The van der Waals surface area contributed by atoms with Gasteiger partial charge in [0.15, 0.2) is 0 Å². The molecule has 1 aromatic heterocycles. The summed E-state index contributed by atoms with van der Waals surface area (Å²) in [6, 6.07) is 24.1. The zero-order chi connectivity index (χ0) is 22.3. The van der Waals surface area contributed by atoms with E-state index in [2.05, 4.69) is 26.8 Å². The van der Waals surface area contributed by atoms with Crippen LogP contribution >= 0.6 is 0 Å². The van der Waals surface area contributed by atoms with Gasteiger partial charge in [-0.3, -0.25) is 0 Å². The number of hydrogen-bond acceptors (Lipinski definition) is 6. The highest BCUT2D eigenvalue weighted by atomic mass is 32.2. The first-order valence-electron chi connectivity index (χ1n) is 10.0. The van der Waals surface area contributed by atoms with Crippen molar-refractivity contribution >= 4 is 22.4 Å². The van der Waals surface area contributed by atoms with Gasteiger partial charge in [-0.05, 0) is 54.6 Å². The molecule has 4 N–H and O–H groups in total. The largest absolute Gasteiger partial charge is 0.362 e. The van der Waals surface area contributed by atoms with E-state index in [1.807, 2.05) is 60.7 Å². The molecular weight excluding hydrogens is 422 g/mol. The third-order valence-corrected chi connectivity index (χ3v) is 5.83. The Morgan fingerprint density at radius 1 is 1.03 bits per heavy atom. The van der Waals surface area contributed by atoms with E-state index in [0.29, 0.717) is 28.6 Å². The lowest BCUT2D eigenvalue weighted by atomic mass is 10.1. The quantitative estimate of drug-likeness (QED) is 0.346. The van der Waals surface area contributed by atoms with Crippen molar-refractivity contribution in [3.05, 3.63) is 103 Å². The molecule has 0 bridgehead atoms. The minimum atomic E-state index is -1.46. The number of benzene rings is 3. The zero-order valence-electron chi connectivity index (χ0n) is 17.3. The molecule has 0 aliphatic rings. The fourth-order valence-electron chi connectivity index (χ4n) is 3.13. The van der Waals surface area contributed by atoms with Gasteiger partial charge >= 0.3 is 0 Å². The maximum absolute atomic E-state index is 12.8. The lowest BCUT2D eigenvalue weighted by Gasteiger charge is -2.08. The summed E-state index contributed by atoms with van der Waals surface area (Å²) >= 11 is 0. The molecule has 0 aliphatic carbocycles. The molecule has 162 valence electrons. The number of anilines is 2. The van der Waals surface area contributed by atoms with E-state index in [0.717, 1.165) is 16.9 Å². The molecule has 0 radical (unpaired) electrons. The monoisotopic (exact) mass is 445 g/mol. The van der Waals surface area contributed by atoms with Gasteiger partial charge < -0.3 is 20.3 Å². The van der Waals surface area contributed by atoms with Gasteiger partial charge in [0.05, 0.1) is 10.9 Å². The van der Waals surface area contributed by atoms with E-state index >= 15 is 0 Å². The van der Waals surface area contributed by atoms with E-state index in [4.69, 9.17) is 10.3 Å². The maximum Gasteiger partial charge on any atom is 0.244 e. The minimum Gasteiger partial charge on any atom is -0.362 e. The molecule has 2 atom stereocenters. The van der Waals surface area contributed by atoms with Crippen molar-refractivity contribution in [2.24, 2.45) is 5.73 Å². The highest BCUT2D eigenvalue weighted by Gasteiger charge is 2.17. The van der Waals surface area contributed by atoms with Crippen LogP contribution in [0.25, 0.3) is 11.4 Å². The number of hydrogen-bond donors (Lipinski definition) is 3. The summed E-state index contributed by atoms with van der Waals surface area (Å²) < 4.78 is 21.2. The third-order valence-electron chi connectivity index (χ3n) is 4.73. The van der Waals surface area contributed by atoms with Gasteiger partial charge in [-0.1, -0.05) is 54.2 Å². The molecule has 0 spiro atoms. The molecule has 4 aromatic rings. The van der Waals surface area contributed by atoms with Gasteiger partial charge in [-0.2, -0.15) is 4.98 Å². The average Bonchev–Trinajstić information content (AvgIpc) is 3.32. The normalized spacial score (nSPS) is 12.7. The van der Waals surface area contributed by atoms with E-state index in [1.54, 1.807) is 24.4 Å². The number of nitrogens with zero attached hydrogens (tertiary/aromatic N) is 2. The van der Waals surface area contributed by atoms with Gasteiger partial charge in [0, 0.05) is 16.9 Å². The van der Waals surface area contributed by atoms with Gasteiger partial charge in [-0.15, -0.1) is 0 Å². The Labute approximate surface area is 189 Å². The van der Waals surface area contributed by atoms with Crippen molar-refractivity contribution < 1.29 is 8.73 Å². The van der Waals surface area contributed by atoms with Gasteiger partial charge in [0.1, 0.15) is 11.0 Å². The smallest absolute Gasteiger partial charge is 0.244 e. The highest BCUT2D eigenvalue weighted by molar-refractivity contribution is 7.86. The Morgan fingerprint density at radius 3 is 2.53 bits per heavy atom. The Morgan fingerprint density at radius 2 is 1.78 bits per heavy atom. The van der Waals surface area contributed by atoms with Crippen LogP contribution in [0.2, 0.25) is 0 Å². The standard InChI is InChI=1S/C24H23N5O2S/c1-2-26-19-11-13-20(14-12-19)29-32(30)21-10-6-9-18(16-21)23-27-24(31-28-23)22(25)15-17-7-4-3-5-8-17/h2-14,16,22,26,29H,1,15,25H2. The number of nitrogens with one attached hydrogen (secondary N) is 2. The van der Waals surface area contributed by atoms with E-state index in [-0.39, 0.29) is 0 Å². The second-order valence-electron chi connectivity index (χ2n) is 7.08. The van der Waals surface area contributed by atoms with Crippen molar-refractivity contribution in [1.29, 1.82) is 0 Å². The topological polar surface area (TPSA) is 106 Å². The Balaban J connectivity index is 1.45. The summed E-state index contributed by atoms with van der Waals surface area (Å²) in [6.07, 6.45) is 2.20. The fourth-order valence-corrected chi connectivity index (χ4v) is 4.03. The SMILES string of the molecule is C=CNc1ccc(NS(=O)c2cccc(-c3noc(C(N)Cc4ccccc4)n3)c2)cc1. The molecule has 4 rings (SSSR count). The Hall–Kier alpha value is -3.75. The van der Waals surface area contributed by atoms with Crippen molar-refractivity contribution in [3.63, 3.8) is 0 Å². The van der Waals surface area contributed by atoms with Crippen LogP contribution in [-0.4, -0.2) is 14.3 Å². The van der Waals surface area contributed by atoms with Crippen LogP contribution in [0, 0.1) is 0 Å². The first kappa shape index (κ1) is 21.5. The van der Waals surface area contributed by atoms with Crippen LogP contribution in [-0.2, 0) is 17.4 Å². The second-order valence-corrected chi connectivity index (χ2v) is 8.29. The van der Waals surface area contributed by atoms with E-state index < -0.39 is 17.0 Å². The summed E-state index contributed by atoms with van der Waals surface area (Å²) in [7, 11) is -1.46. The Kier molecular flexibility index (Phi) is 6.74. The van der Waals surface area contributed by atoms with Crippen LogP contribution < -0.4 is 15.8 Å². The predicted molar refractivity (Wildman–Crippen MR) is 127 cm³/mol. The maximum atomic E-state index is 12.8. The highest BCUT2D eigenvalue weighted by Crippen LogP contribution is 2.23. The molecular formula is C24H23N5O2S. The first-order chi connectivity index (χ1) is 15.6. The molecule has 7 nitrogen and oxygen atoms in total. The third kappa shape index (κ3) is 5.29. The molecule has 0 saturated heterocycles. The lowest BCUT2D eigenvalue weighted by molar-refractivity contribution is 0.354. The molecule has 2 unspecified atom stereocenters. The van der Waals surface area contributed by atoms with E-state index in [9.17, 15) is 4.21 Å². The number of nitrogens with two attached hydrogens (primary N) is 1. The van der Waals surface area contributed by atoms with Crippen LogP contribution in [0.1, 0.15) is 17.5 Å². The van der Waals surface area contributed by atoms with Gasteiger partial charge in [-0.25, -0.2) is 4.21 Å². The number of aromatic nitrogens is 2. The summed E-state index contributed by atoms with van der Waals surface area (Å²) in [5.74, 6) is 0.768. The minimum absolute atomic E-state index is 0.363. The van der Waals surface area contributed by atoms with Crippen molar-refractivity contribution in [3.8, 4) is 11.4 Å². The molecule has 0 saturated carbocycles. The average molecular weight is 446 g/mol. The molecule has 0 amide bonds. The Bertz CT molecular complexity index is 1210. The molecule has 0 fully saturated rings. The van der Waals surface area contributed by atoms with Gasteiger partial charge in [0.2, 0.25) is 11.7 Å². The lowest BCUT2D eigenvalue weighted by Crippen LogP contribution is -2.13. The zero-order valence-corrected chi connectivity index (χ0v) is 18.1. The van der Waals surface area contributed by atoms with Crippen LogP contribution in [0.3, 0.4) is 0 Å². The molecule has 3 aromatic carbocycles. The molecule has 32 heavy (non-hydrogen) atoms. The van der Waals surface area contributed by atoms with Crippen LogP contribution in [0.5, 0.6) is 0 Å². The van der Waals surface area contributed by atoms with Gasteiger partial charge in [0.25, 0.3) is 0 Å². The molecule has 1 heterocycles. The first-order valence-corrected chi connectivity index (χ1v) is 11.2. The number of rotatable bonds is 9. The van der Waals surface area contributed by atoms with Crippen molar-refractivity contribution in [2.75, 3.05) is 10.0 Å². The summed E-state index contributed by atoms with van der Waals surface area (Å²) in [4.78, 5) is 5.04. The van der Waals surface area contributed by atoms with E-state index in [1.165, 1.54) is 0 Å². The fraction of sp³-hybridized carbons (Fsp3) is 0.0833.